The number of aryl methyl sites for hydroxylation is 2. The zero-order chi connectivity index (χ0) is 19.8. The lowest BCUT2D eigenvalue weighted by Crippen LogP contribution is -2.15. The molecule has 7 nitrogen and oxygen atoms in total. The van der Waals surface area contributed by atoms with Gasteiger partial charge in [-0.3, -0.25) is 9.82 Å². The van der Waals surface area contributed by atoms with E-state index in [9.17, 15) is 21.6 Å². The first-order valence-corrected chi connectivity index (χ1v) is 9.08. The Bertz CT molecular complexity index is 1080. The lowest BCUT2D eigenvalue weighted by Gasteiger charge is -2.10. The first kappa shape index (κ1) is 18.7. The molecule has 0 saturated heterocycles. The molecule has 0 spiro atoms. The fraction of sp³-hybridized carbons (Fsp3) is 0.125. The third-order valence-electron chi connectivity index (χ3n) is 3.65. The molecule has 0 aliphatic heterocycles. The Hall–Kier alpha value is -3.08. The van der Waals surface area contributed by atoms with E-state index in [1.54, 1.807) is 13.8 Å². The largest absolute Gasteiger partial charge is 0.352 e. The zero-order valence-electron chi connectivity index (χ0n) is 14.1. The predicted octanol–water partition coefficient (Wildman–Crippen LogP) is 3.38. The van der Waals surface area contributed by atoms with Crippen molar-refractivity contribution in [3.05, 3.63) is 59.3 Å². The number of hydrogen-bond donors (Lipinski definition) is 3. The third-order valence-corrected chi connectivity index (χ3v) is 5.26. The average Bonchev–Trinajstić information content (AvgIpc) is 2.96. The van der Waals surface area contributed by atoms with E-state index in [2.05, 4.69) is 25.2 Å². The fourth-order valence-corrected chi connectivity index (χ4v) is 3.81. The van der Waals surface area contributed by atoms with Crippen LogP contribution in [0, 0.1) is 31.3 Å². The van der Waals surface area contributed by atoms with Crippen molar-refractivity contribution in [2.45, 2.75) is 18.7 Å². The van der Waals surface area contributed by atoms with Gasteiger partial charge in [-0.05, 0) is 38.1 Å². The molecule has 0 atom stereocenters. The second-order valence-electron chi connectivity index (χ2n) is 5.65. The van der Waals surface area contributed by atoms with Gasteiger partial charge in [0.05, 0.1) is 29.0 Å². The highest BCUT2D eigenvalue weighted by Gasteiger charge is 2.22. The lowest BCUT2D eigenvalue weighted by molar-refractivity contribution is 0.449. The van der Waals surface area contributed by atoms with E-state index in [-0.39, 0.29) is 22.1 Å². The summed E-state index contributed by atoms with van der Waals surface area (Å²) >= 11 is 0. The Morgan fingerprint density at radius 3 is 2.37 bits per heavy atom. The van der Waals surface area contributed by atoms with Crippen LogP contribution >= 0.6 is 0 Å². The molecule has 142 valence electrons. The molecule has 0 bridgehead atoms. The van der Waals surface area contributed by atoms with Gasteiger partial charge in [0, 0.05) is 0 Å². The van der Waals surface area contributed by atoms with Gasteiger partial charge in [0.2, 0.25) is 0 Å². The topological polar surface area (TPSA) is 99.8 Å². The minimum Gasteiger partial charge on any atom is -0.352 e. The average molecular weight is 397 g/mol. The van der Waals surface area contributed by atoms with Gasteiger partial charge in [-0.25, -0.2) is 26.6 Å². The van der Waals surface area contributed by atoms with Gasteiger partial charge in [0.25, 0.3) is 10.0 Å². The molecule has 1 aromatic carbocycles. The van der Waals surface area contributed by atoms with Gasteiger partial charge in [0.15, 0.2) is 17.5 Å². The standard InChI is InChI=1S/C16H14F3N5O2S/c1-8-16(9(2)23-22-8)27(25,26)24-13-6-3-10(7-20-13)21-12-5-4-11(17)14(18)15(12)19/h3-7,21H,1-2H3,(H,20,24)(H,22,23). The highest BCUT2D eigenvalue weighted by atomic mass is 32.2. The first-order chi connectivity index (χ1) is 12.7. The molecule has 0 radical (unpaired) electrons. The minimum absolute atomic E-state index is 0.0197. The summed E-state index contributed by atoms with van der Waals surface area (Å²) in [5.74, 6) is -4.24. The number of pyridine rings is 1. The van der Waals surface area contributed by atoms with Crippen LogP contribution in [0.1, 0.15) is 11.4 Å². The number of aromatic amines is 1. The number of anilines is 3. The summed E-state index contributed by atoms with van der Waals surface area (Å²) in [5, 5.41) is 8.97. The smallest absolute Gasteiger partial charge is 0.266 e. The molecule has 3 rings (SSSR count). The van der Waals surface area contributed by atoms with Crippen LogP contribution in [0.25, 0.3) is 0 Å². The van der Waals surface area contributed by atoms with Crippen LogP contribution in [0.2, 0.25) is 0 Å². The van der Waals surface area contributed by atoms with Crippen molar-refractivity contribution in [1.82, 2.24) is 15.2 Å². The zero-order valence-corrected chi connectivity index (χ0v) is 15.0. The lowest BCUT2D eigenvalue weighted by atomic mass is 10.2. The number of nitrogens with zero attached hydrogens (tertiary/aromatic N) is 2. The third kappa shape index (κ3) is 3.72. The number of nitrogens with one attached hydrogen (secondary N) is 3. The first-order valence-electron chi connectivity index (χ1n) is 7.60. The Labute approximate surface area is 152 Å². The predicted molar refractivity (Wildman–Crippen MR) is 92.7 cm³/mol. The number of benzene rings is 1. The molecule has 0 aliphatic rings. The van der Waals surface area contributed by atoms with Crippen LogP contribution in [0.3, 0.4) is 0 Å². The SMILES string of the molecule is Cc1n[nH]c(C)c1S(=O)(=O)Nc1ccc(Nc2ccc(F)c(F)c2F)cn1. The molecular formula is C16H14F3N5O2S. The van der Waals surface area contributed by atoms with E-state index in [1.165, 1.54) is 18.3 Å². The molecule has 3 N–H and O–H groups in total. The molecule has 27 heavy (non-hydrogen) atoms. The Kier molecular flexibility index (Phi) is 4.79. The molecule has 2 aromatic heterocycles. The van der Waals surface area contributed by atoms with Crippen molar-refractivity contribution in [3.8, 4) is 0 Å². The Balaban J connectivity index is 1.79. The molecule has 3 aromatic rings. The van der Waals surface area contributed by atoms with E-state index in [1.807, 2.05) is 0 Å². The normalized spacial score (nSPS) is 11.4. The maximum absolute atomic E-state index is 13.7. The van der Waals surface area contributed by atoms with Crippen LogP contribution in [0.4, 0.5) is 30.4 Å². The summed E-state index contributed by atoms with van der Waals surface area (Å²) in [6.45, 7) is 3.13. The van der Waals surface area contributed by atoms with Gasteiger partial charge in [0.1, 0.15) is 10.7 Å². The van der Waals surface area contributed by atoms with Crippen LogP contribution in [-0.4, -0.2) is 23.6 Å². The quantitative estimate of drug-likeness (QED) is 0.573. The van der Waals surface area contributed by atoms with Gasteiger partial charge >= 0.3 is 0 Å². The van der Waals surface area contributed by atoms with Crippen molar-refractivity contribution in [3.63, 3.8) is 0 Å². The minimum atomic E-state index is -3.90. The van der Waals surface area contributed by atoms with Crippen molar-refractivity contribution >= 4 is 27.2 Å². The van der Waals surface area contributed by atoms with Gasteiger partial charge in [-0.1, -0.05) is 0 Å². The van der Waals surface area contributed by atoms with Crippen molar-refractivity contribution in [2.24, 2.45) is 0 Å². The van der Waals surface area contributed by atoms with Crippen LogP contribution in [0.15, 0.2) is 35.4 Å². The molecule has 0 unspecified atom stereocenters. The van der Waals surface area contributed by atoms with Gasteiger partial charge < -0.3 is 5.32 Å². The van der Waals surface area contributed by atoms with E-state index >= 15 is 0 Å². The second kappa shape index (κ2) is 6.91. The van der Waals surface area contributed by atoms with Crippen LogP contribution in [0.5, 0.6) is 0 Å². The van der Waals surface area contributed by atoms with E-state index < -0.39 is 27.5 Å². The van der Waals surface area contributed by atoms with Crippen LogP contribution in [-0.2, 0) is 10.0 Å². The summed E-state index contributed by atoms with van der Waals surface area (Å²) in [5.41, 5.74) is 0.659. The molecular weight excluding hydrogens is 383 g/mol. The number of hydrogen-bond acceptors (Lipinski definition) is 5. The molecule has 0 fully saturated rings. The van der Waals surface area contributed by atoms with E-state index in [0.29, 0.717) is 11.4 Å². The number of halogens is 3. The maximum Gasteiger partial charge on any atom is 0.266 e. The van der Waals surface area contributed by atoms with Gasteiger partial charge in [-0.2, -0.15) is 5.10 Å². The summed E-state index contributed by atoms with van der Waals surface area (Å²) in [6, 6.07) is 4.56. The summed E-state index contributed by atoms with van der Waals surface area (Å²) in [7, 11) is -3.90. The fourth-order valence-electron chi connectivity index (χ4n) is 2.43. The molecule has 2 heterocycles. The van der Waals surface area contributed by atoms with E-state index in [0.717, 1.165) is 12.1 Å². The molecule has 0 saturated carbocycles. The molecule has 0 aliphatic carbocycles. The van der Waals surface area contributed by atoms with Crippen molar-refractivity contribution in [2.75, 3.05) is 10.0 Å². The van der Waals surface area contributed by atoms with Crippen molar-refractivity contribution < 1.29 is 21.6 Å². The number of aromatic nitrogens is 3. The number of rotatable bonds is 5. The number of sulfonamides is 1. The number of H-pyrrole nitrogens is 1. The summed E-state index contributed by atoms with van der Waals surface area (Å²) in [4.78, 5) is 3.95. The van der Waals surface area contributed by atoms with Crippen molar-refractivity contribution in [1.29, 1.82) is 0 Å². The summed E-state index contributed by atoms with van der Waals surface area (Å²) in [6.07, 6.45) is 1.22. The highest BCUT2D eigenvalue weighted by Crippen LogP contribution is 2.24. The monoisotopic (exact) mass is 397 g/mol. The van der Waals surface area contributed by atoms with Crippen LogP contribution < -0.4 is 10.0 Å². The Morgan fingerprint density at radius 2 is 1.78 bits per heavy atom. The Morgan fingerprint density at radius 1 is 1.04 bits per heavy atom. The summed E-state index contributed by atoms with van der Waals surface area (Å²) < 4.78 is 67.1. The highest BCUT2D eigenvalue weighted by molar-refractivity contribution is 7.92. The maximum atomic E-state index is 13.7. The van der Waals surface area contributed by atoms with E-state index in [4.69, 9.17) is 0 Å². The van der Waals surface area contributed by atoms with Gasteiger partial charge in [-0.15, -0.1) is 0 Å². The second-order valence-corrected chi connectivity index (χ2v) is 7.27. The molecule has 11 heteroatoms. The molecule has 0 amide bonds.